The van der Waals surface area contributed by atoms with Gasteiger partial charge in [-0.3, -0.25) is 4.79 Å². The van der Waals surface area contributed by atoms with Gasteiger partial charge in [0.15, 0.2) is 0 Å². The molecule has 0 aliphatic rings. The zero-order chi connectivity index (χ0) is 13.9. The molecule has 0 aliphatic heterocycles. The van der Waals surface area contributed by atoms with Gasteiger partial charge in [0.05, 0.1) is 0 Å². The second-order valence-electron chi connectivity index (χ2n) is 3.41. The highest BCUT2D eigenvalue weighted by atomic mass is 19.4. The van der Waals surface area contributed by atoms with Crippen LogP contribution in [0.1, 0.15) is 6.92 Å². The van der Waals surface area contributed by atoms with Crippen LogP contribution >= 0.6 is 0 Å². The van der Waals surface area contributed by atoms with E-state index < -0.39 is 29.3 Å². The summed E-state index contributed by atoms with van der Waals surface area (Å²) < 4.78 is 62.1. The molecule has 0 radical (unpaired) electrons. The molecule has 7 heteroatoms. The van der Waals surface area contributed by atoms with E-state index in [0.717, 1.165) is 25.1 Å². The third-order valence-electron chi connectivity index (χ3n) is 1.91. The van der Waals surface area contributed by atoms with Crippen LogP contribution in [0.5, 0.6) is 0 Å². The van der Waals surface area contributed by atoms with Gasteiger partial charge < -0.3 is 5.32 Å². The number of hydrogen-bond acceptors (Lipinski definition) is 2. The smallest absolute Gasteiger partial charge is 0.354 e. The molecule has 2 nitrogen and oxygen atoms in total. The summed E-state index contributed by atoms with van der Waals surface area (Å²) in [6.07, 6.45) is -4.79. The Bertz CT molecular complexity index is 472. The Labute approximate surface area is 99.1 Å². The molecule has 0 atom stereocenters. The molecule has 0 heterocycles. The number of nitrogens with one attached hydrogen (secondary N) is 1. The van der Waals surface area contributed by atoms with Crippen molar-refractivity contribution in [3.63, 3.8) is 0 Å². The molecule has 1 N–H and O–H groups in total. The van der Waals surface area contributed by atoms with Gasteiger partial charge in [-0.15, -0.1) is 0 Å². The lowest BCUT2D eigenvalue weighted by Crippen LogP contribution is -2.21. The van der Waals surface area contributed by atoms with Crippen molar-refractivity contribution >= 4 is 11.5 Å². The van der Waals surface area contributed by atoms with Gasteiger partial charge in [-0.1, -0.05) is 6.07 Å². The Kier molecular flexibility index (Phi) is 4.05. The van der Waals surface area contributed by atoms with Crippen LogP contribution in [0.2, 0.25) is 0 Å². The van der Waals surface area contributed by atoms with Crippen molar-refractivity contribution in [2.24, 2.45) is 0 Å². The maximum atomic E-state index is 13.1. The summed E-state index contributed by atoms with van der Waals surface area (Å²) in [6.45, 7) is 1.09. The summed E-state index contributed by atoms with van der Waals surface area (Å²) in [4.78, 5) is 10.6. The molecule has 0 amide bonds. The molecule has 0 aromatic heterocycles. The van der Waals surface area contributed by atoms with Gasteiger partial charge >= 0.3 is 6.18 Å². The summed E-state index contributed by atoms with van der Waals surface area (Å²) >= 11 is 0. The standard InChI is InChI=1S/C11H8F5NO/c1-6(5-9(18)11(14,15)16)17-10-7(12)3-2-4-8(10)13/h2-5,17H,1H3/b6-5-. The van der Waals surface area contributed by atoms with Crippen LogP contribution in [-0.2, 0) is 4.79 Å². The molecule has 0 aliphatic carbocycles. The number of carbonyl (C=O) groups excluding carboxylic acids is 1. The van der Waals surface area contributed by atoms with E-state index in [0.29, 0.717) is 0 Å². The van der Waals surface area contributed by atoms with E-state index in [1.807, 2.05) is 0 Å². The van der Waals surface area contributed by atoms with E-state index in [2.05, 4.69) is 5.32 Å². The van der Waals surface area contributed by atoms with Gasteiger partial charge in [-0.25, -0.2) is 8.78 Å². The van der Waals surface area contributed by atoms with Crippen molar-refractivity contribution in [1.82, 2.24) is 0 Å². The Morgan fingerprint density at radius 3 is 2.17 bits per heavy atom. The number of alkyl halides is 3. The van der Waals surface area contributed by atoms with Crippen molar-refractivity contribution < 1.29 is 26.7 Å². The molecule has 0 spiro atoms. The fourth-order valence-electron chi connectivity index (χ4n) is 1.13. The molecule has 1 aromatic rings. The molecule has 0 bridgehead atoms. The van der Waals surface area contributed by atoms with E-state index in [1.165, 1.54) is 0 Å². The minimum atomic E-state index is -5.02. The first-order valence-electron chi connectivity index (χ1n) is 4.72. The first kappa shape index (κ1) is 14.1. The lowest BCUT2D eigenvalue weighted by molar-refractivity contribution is -0.165. The second-order valence-corrected chi connectivity index (χ2v) is 3.41. The van der Waals surface area contributed by atoms with Crippen LogP contribution in [0.25, 0.3) is 0 Å². The predicted octanol–water partition coefficient (Wildman–Crippen LogP) is 3.41. The average Bonchev–Trinajstić information content (AvgIpc) is 2.22. The number of carbonyl (C=O) groups is 1. The predicted molar refractivity (Wildman–Crippen MR) is 54.8 cm³/mol. The van der Waals surface area contributed by atoms with E-state index in [9.17, 15) is 26.7 Å². The number of halogens is 5. The minimum Gasteiger partial charge on any atom is -0.354 e. The van der Waals surface area contributed by atoms with Crippen molar-refractivity contribution in [3.05, 3.63) is 41.6 Å². The Morgan fingerprint density at radius 1 is 1.22 bits per heavy atom. The fraction of sp³-hybridized carbons (Fsp3) is 0.182. The SMILES string of the molecule is C/C(=C/C(=O)C(F)(F)F)Nc1c(F)cccc1F. The van der Waals surface area contributed by atoms with Crippen LogP contribution in [-0.4, -0.2) is 12.0 Å². The van der Waals surface area contributed by atoms with Gasteiger partial charge in [0.25, 0.3) is 5.78 Å². The Morgan fingerprint density at radius 2 is 1.72 bits per heavy atom. The summed E-state index contributed by atoms with van der Waals surface area (Å²) in [7, 11) is 0. The number of ketones is 1. The molecule has 0 unspecified atom stereocenters. The summed E-state index contributed by atoms with van der Waals surface area (Å²) in [6, 6.07) is 2.98. The molecular weight excluding hydrogens is 257 g/mol. The maximum absolute atomic E-state index is 13.1. The molecule has 1 aromatic carbocycles. The van der Waals surface area contributed by atoms with Crippen molar-refractivity contribution in [1.29, 1.82) is 0 Å². The average molecular weight is 265 g/mol. The van der Waals surface area contributed by atoms with E-state index in [4.69, 9.17) is 0 Å². The quantitative estimate of drug-likeness (QED) is 0.670. The summed E-state index contributed by atoms with van der Waals surface area (Å²) in [5.74, 6) is -4.05. The first-order valence-corrected chi connectivity index (χ1v) is 4.72. The zero-order valence-corrected chi connectivity index (χ0v) is 9.11. The molecule has 0 saturated heterocycles. The van der Waals surface area contributed by atoms with E-state index >= 15 is 0 Å². The van der Waals surface area contributed by atoms with Crippen LogP contribution < -0.4 is 5.32 Å². The third kappa shape index (κ3) is 3.54. The van der Waals surface area contributed by atoms with Gasteiger partial charge in [-0.2, -0.15) is 13.2 Å². The highest BCUT2D eigenvalue weighted by molar-refractivity contribution is 5.95. The van der Waals surface area contributed by atoms with Gasteiger partial charge in [0.2, 0.25) is 0 Å². The Balaban J connectivity index is 2.92. The Hall–Kier alpha value is -1.92. The topological polar surface area (TPSA) is 29.1 Å². The highest BCUT2D eigenvalue weighted by Crippen LogP contribution is 2.21. The lowest BCUT2D eigenvalue weighted by Gasteiger charge is -2.09. The van der Waals surface area contributed by atoms with Crippen LogP contribution in [0.4, 0.5) is 27.6 Å². The number of hydrogen-bond donors (Lipinski definition) is 1. The molecule has 0 saturated carbocycles. The summed E-state index contributed by atoms with van der Waals surface area (Å²) in [5, 5.41) is 2.07. The molecular formula is C11H8F5NO. The van der Waals surface area contributed by atoms with Crippen LogP contribution in [0.3, 0.4) is 0 Å². The van der Waals surface area contributed by atoms with Gasteiger partial charge in [-0.05, 0) is 19.1 Å². The summed E-state index contributed by atoms with van der Waals surface area (Å²) in [5.41, 5.74) is -0.928. The molecule has 18 heavy (non-hydrogen) atoms. The van der Waals surface area contributed by atoms with Crippen molar-refractivity contribution in [3.8, 4) is 0 Å². The number of para-hydroxylation sites is 1. The van der Waals surface area contributed by atoms with Gasteiger partial charge in [0, 0.05) is 11.8 Å². The van der Waals surface area contributed by atoms with E-state index in [1.54, 1.807) is 0 Å². The number of benzene rings is 1. The molecule has 0 fully saturated rings. The lowest BCUT2D eigenvalue weighted by atomic mass is 10.2. The zero-order valence-electron chi connectivity index (χ0n) is 9.11. The fourth-order valence-corrected chi connectivity index (χ4v) is 1.13. The number of anilines is 1. The second kappa shape index (κ2) is 5.16. The molecule has 98 valence electrons. The normalized spacial score (nSPS) is 12.4. The highest BCUT2D eigenvalue weighted by Gasteiger charge is 2.36. The third-order valence-corrected chi connectivity index (χ3v) is 1.91. The number of rotatable bonds is 3. The number of allylic oxidation sites excluding steroid dienone is 2. The van der Waals surface area contributed by atoms with Crippen LogP contribution in [0, 0.1) is 11.6 Å². The largest absolute Gasteiger partial charge is 0.454 e. The first-order chi connectivity index (χ1) is 8.21. The molecule has 1 rings (SSSR count). The van der Waals surface area contributed by atoms with Gasteiger partial charge in [0.1, 0.15) is 17.3 Å². The maximum Gasteiger partial charge on any atom is 0.454 e. The van der Waals surface area contributed by atoms with Crippen molar-refractivity contribution in [2.45, 2.75) is 13.1 Å². The van der Waals surface area contributed by atoms with Crippen LogP contribution in [0.15, 0.2) is 30.0 Å². The van der Waals surface area contributed by atoms with E-state index in [-0.39, 0.29) is 11.8 Å². The monoisotopic (exact) mass is 265 g/mol. The minimum absolute atomic E-state index is 0.228. The van der Waals surface area contributed by atoms with Crippen molar-refractivity contribution in [2.75, 3.05) is 5.32 Å².